The van der Waals surface area contributed by atoms with E-state index in [1.165, 1.54) is 12.1 Å². The molecular weight excluding hydrogens is 380 g/mol. The maximum Gasteiger partial charge on any atom is 0.264 e. The fourth-order valence-electron chi connectivity index (χ4n) is 1.79. The lowest BCUT2D eigenvalue weighted by Gasteiger charge is -2.11. The number of thiocarbonyl (C=S) groups is 1. The molecule has 0 heterocycles. The van der Waals surface area contributed by atoms with E-state index in [-0.39, 0.29) is 23.4 Å². The number of phenolic OH excluding ortho intramolecular Hbond substituents is 1. The number of aryl methyl sites for hydroxylation is 1. The van der Waals surface area contributed by atoms with Crippen LogP contribution in [0, 0.1) is 6.92 Å². The van der Waals surface area contributed by atoms with E-state index in [2.05, 4.69) is 26.6 Å². The molecule has 120 valence electrons. The Morgan fingerprint density at radius 2 is 1.96 bits per heavy atom. The molecule has 2 rings (SSSR count). The van der Waals surface area contributed by atoms with E-state index in [9.17, 15) is 9.90 Å². The molecule has 2 aromatic carbocycles. The molecule has 0 radical (unpaired) electrons. The van der Waals surface area contributed by atoms with Crippen LogP contribution in [-0.2, 0) is 4.79 Å². The smallest absolute Gasteiger partial charge is 0.264 e. The molecular formula is C16H15BrN2O3S. The van der Waals surface area contributed by atoms with Crippen molar-refractivity contribution in [3.8, 4) is 11.5 Å². The van der Waals surface area contributed by atoms with Gasteiger partial charge in [0.25, 0.3) is 5.91 Å². The van der Waals surface area contributed by atoms with Crippen LogP contribution in [-0.4, -0.2) is 22.7 Å². The van der Waals surface area contributed by atoms with Crippen LogP contribution in [0.5, 0.6) is 11.5 Å². The van der Waals surface area contributed by atoms with E-state index in [0.717, 1.165) is 10.0 Å². The number of carbonyl (C=O) groups is 1. The number of halogens is 1. The molecule has 0 fully saturated rings. The summed E-state index contributed by atoms with van der Waals surface area (Å²) in [6, 6.07) is 11.9. The number of amides is 1. The highest BCUT2D eigenvalue weighted by Crippen LogP contribution is 2.22. The maximum absolute atomic E-state index is 11.8. The highest BCUT2D eigenvalue weighted by atomic mass is 79.9. The van der Waals surface area contributed by atoms with E-state index in [4.69, 9.17) is 17.0 Å². The second kappa shape index (κ2) is 7.94. The van der Waals surface area contributed by atoms with Crippen LogP contribution < -0.4 is 15.4 Å². The Hall–Kier alpha value is -2.12. The molecule has 0 unspecified atom stereocenters. The van der Waals surface area contributed by atoms with E-state index in [1.54, 1.807) is 18.2 Å². The Labute approximate surface area is 147 Å². The average molecular weight is 395 g/mol. The molecule has 3 N–H and O–H groups in total. The summed E-state index contributed by atoms with van der Waals surface area (Å²) in [6.07, 6.45) is 0. The summed E-state index contributed by atoms with van der Waals surface area (Å²) >= 11 is 8.42. The van der Waals surface area contributed by atoms with E-state index >= 15 is 0 Å². The molecule has 7 heteroatoms. The number of aromatic hydroxyl groups is 1. The van der Waals surface area contributed by atoms with Gasteiger partial charge in [0, 0.05) is 10.2 Å². The lowest BCUT2D eigenvalue weighted by atomic mass is 10.2. The molecule has 2 aromatic rings. The zero-order valence-corrected chi connectivity index (χ0v) is 14.7. The number of phenols is 1. The van der Waals surface area contributed by atoms with Crippen LogP contribution in [0.25, 0.3) is 0 Å². The van der Waals surface area contributed by atoms with Gasteiger partial charge in [-0.1, -0.05) is 15.9 Å². The number of ether oxygens (including phenoxy) is 1. The van der Waals surface area contributed by atoms with Crippen molar-refractivity contribution in [2.45, 2.75) is 6.92 Å². The third kappa shape index (κ3) is 5.54. The van der Waals surface area contributed by atoms with Gasteiger partial charge in [-0.25, -0.2) is 0 Å². The van der Waals surface area contributed by atoms with Gasteiger partial charge < -0.3 is 15.2 Å². The fraction of sp³-hybridized carbons (Fsp3) is 0.125. The summed E-state index contributed by atoms with van der Waals surface area (Å²) in [5.74, 6) is 0.438. The summed E-state index contributed by atoms with van der Waals surface area (Å²) < 4.78 is 6.42. The highest BCUT2D eigenvalue weighted by molar-refractivity contribution is 9.10. The lowest BCUT2D eigenvalue weighted by Crippen LogP contribution is -2.37. The first-order valence-corrected chi connectivity index (χ1v) is 7.93. The Morgan fingerprint density at radius 1 is 1.26 bits per heavy atom. The van der Waals surface area contributed by atoms with E-state index in [0.29, 0.717) is 11.4 Å². The van der Waals surface area contributed by atoms with Gasteiger partial charge in [-0.2, -0.15) is 0 Å². The number of hydrogen-bond donors (Lipinski definition) is 3. The molecule has 0 saturated carbocycles. The van der Waals surface area contributed by atoms with Crippen LogP contribution in [0.4, 0.5) is 5.69 Å². The monoisotopic (exact) mass is 394 g/mol. The molecule has 0 aliphatic carbocycles. The number of benzene rings is 2. The molecule has 0 aromatic heterocycles. The molecule has 0 bridgehead atoms. The van der Waals surface area contributed by atoms with Crippen LogP contribution in [0.3, 0.4) is 0 Å². The molecule has 5 nitrogen and oxygen atoms in total. The Bertz CT molecular complexity index is 720. The summed E-state index contributed by atoms with van der Waals surface area (Å²) in [7, 11) is 0. The van der Waals surface area contributed by atoms with Gasteiger partial charge in [0.2, 0.25) is 0 Å². The Morgan fingerprint density at radius 3 is 2.61 bits per heavy atom. The summed E-state index contributed by atoms with van der Waals surface area (Å²) in [6.45, 7) is 1.76. The first kappa shape index (κ1) is 17.2. The zero-order valence-electron chi connectivity index (χ0n) is 12.3. The van der Waals surface area contributed by atoms with E-state index in [1.807, 2.05) is 19.1 Å². The number of anilines is 1. The zero-order chi connectivity index (χ0) is 16.8. The van der Waals surface area contributed by atoms with Crippen LogP contribution in [0.1, 0.15) is 5.56 Å². The van der Waals surface area contributed by atoms with E-state index < -0.39 is 0 Å². The number of rotatable bonds is 4. The predicted molar refractivity (Wildman–Crippen MR) is 96.8 cm³/mol. The van der Waals surface area contributed by atoms with Crippen molar-refractivity contribution in [3.05, 3.63) is 52.5 Å². The van der Waals surface area contributed by atoms with Crippen molar-refractivity contribution in [2.24, 2.45) is 0 Å². The van der Waals surface area contributed by atoms with Crippen molar-refractivity contribution in [1.82, 2.24) is 5.32 Å². The molecule has 1 amide bonds. The van der Waals surface area contributed by atoms with Crippen molar-refractivity contribution < 1.29 is 14.6 Å². The Kier molecular flexibility index (Phi) is 5.95. The van der Waals surface area contributed by atoms with Crippen molar-refractivity contribution in [3.63, 3.8) is 0 Å². The number of hydrogen-bond acceptors (Lipinski definition) is 4. The second-order valence-electron chi connectivity index (χ2n) is 4.75. The van der Waals surface area contributed by atoms with Crippen LogP contribution in [0.15, 0.2) is 46.9 Å². The second-order valence-corrected chi connectivity index (χ2v) is 6.07. The van der Waals surface area contributed by atoms with Gasteiger partial charge in [0.15, 0.2) is 11.7 Å². The fourth-order valence-corrected chi connectivity index (χ4v) is 2.50. The topological polar surface area (TPSA) is 70.6 Å². The predicted octanol–water partition coefficient (Wildman–Crippen LogP) is 3.36. The summed E-state index contributed by atoms with van der Waals surface area (Å²) in [5, 5.41) is 14.7. The Balaban J connectivity index is 1.82. The third-order valence-corrected chi connectivity index (χ3v) is 3.57. The van der Waals surface area contributed by atoms with Gasteiger partial charge in [-0.3, -0.25) is 10.1 Å². The van der Waals surface area contributed by atoms with Crippen LogP contribution in [0.2, 0.25) is 0 Å². The third-order valence-electron chi connectivity index (χ3n) is 2.87. The molecule has 0 aliphatic heterocycles. The largest absolute Gasteiger partial charge is 0.508 e. The molecule has 0 atom stereocenters. The standard InChI is InChI=1S/C16H15BrN2O3S/c1-10-8-11(17)2-7-14(10)22-9-15(21)19-16(23)18-12-3-5-13(20)6-4-12/h2-8,20H,9H2,1H3,(H2,18,19,21,23). The van der Waals surface area contributed by atoms with Gasteiger partial charge in [0.1, 0.15) is 11.5 Å². The van der Waals surface area contributed by atoms with Crippen molar-refractivity contribution >= 4 is 44.9 Å². The minimum absolute atomic E-state index is 0.139. The molecule has 23 heavy (non-hydrogen) atoms. The van der Waals surface area contributed by atoms with Crippen molar-refractivity contribution in [1.29, 1.82) is 0 Å². The van der Waals surface area contributed by atoms with Gasteiger partial charge in [-0.15, -0.1) is 0 Å². The minimum Gasteiger partial charge on any atom is -0.508 e. The SMILES string of the molecule is Cc1cc(Br)ccc1OCC(=O)NC(=S)Nc1ccc(O)cc1. The van der Waals surface area contributed by atoms with Gasteiger partial charge in [-0.05, 0) is 67.2 Å². The van der Waals surface area contributed by atoms with Gasteiger partial charge in [0.05, 0.1) is 0 Å². The first-order valence-electron chi connectivity index (χ1n) is 6.73. The summed E-state index contributed by atoms with van der Waals surface area (Å²) in [5.41, 5.74) is 1.59. The molecule has 0 saturated heterocycles. The maximum atomic E-state index is 11.8. The summed E-state index contributed by atoms with van der Waals surface area (Å²) in [4.78, 5) is 11.8. The van der Waals surface area contributed by atoms with Crippen molar-refractivity contribution in [2.75, 3.05) is 11.9 Å². The van der Waals surface area contributed by atoms with Gasteiger partial charge >= 0.3 is 0 Å². The van der Waals surface area contributed by atoms with Crippen LogP contribution >= 0.6 is 28.1 Å². The number of carbonyl (C=O) groups excluding carboxylic acids is 1. The lowest BCUT2D eigenvalue weighted by molar-refractivity contribution is -0.121. The average Bonchev–Trinajstić information content (AvgIpc) is 2.48. The minimum atomic E-state index is -0.358. The normalized spacial score (nSPS) is 10.0. The quantitative estimate of drug-likeness (QED) is 0.547. The molecule has 0 aliphatic rings. The number of nitrogens with one attached hydrogen (secondary N) is 2. The first-order chi connectivity index (χ1) is 10.9. The highest BCUT2D eigenvalue weighted by Gasteiger charge is 2.07. The molecule has 0 spiro atoms.